The number of anilines is 1. The van der Waals surface area contributed by atoms with Crippen LogP contribution in [-0.2, 0) is 0 Å². The molecule has 0 aliphatic carbocycles. The van der Waals surface area contributed by atoms with Crippen molar-refractivity contribution in [2.45, 2.75) is 25.3 Å². The molecule has 29 heavy (non-hydrogen) atoms. The number of fused-ring (bicyclic) bond motifs is 1. The Hall–Kier alpha value is -3.25. The van der Waals surface area contributed by atoms with E-state index in [4.69, 9.17) is 0 Å². The lowest BCUT2D eigenvalue weighted by atomic mass is 10.0. The minimum absolute atomic E-state index is 0.219. The molecule has 1 saturated heterocycles. The standard InChI is InChI=1S/C23H24N4O2/c28-22(19-11-5-8-16-7-1-2-10-18(16)19)27-20-12-6-14-25-21(20)23(29)26-15-17-9-3-4-13-24-17/h1-2,5-8,10-12,14,17,24H,3-4,9,13,15H2,(H,26,29)(H,27,28). The van der Waals surface area contributed by atoms with Crippen LogP contribution in [-0.4, -0.2) is 35.9 Å². The second-order valence-electron chi connectivity index (χ2n) is 7.24. The van der Waals surface area contributed by atoms with Crippen molar-refractivity contribution >= 4 is 28.3 Å². The molecule has 1 aliphatic heterocycles. The maximum Gasteiger partial charge on any atom is 0.272 e. The summed E-state index contributed by atoms with van der Waals surface area (Å²) in [7, 11) is 0. The summed E-state index contributed by atoms with van der Waals surface area (Å²) in [6.07, 6.45) is 4.95. The van der Waals surface area contributed by atoms with E-state index < -0.39 is 0 Å². The lowest BCUT2D eigenvalue weighted by Gasteiger charge is -2.23. The molecule has 148 valence electrons. The van der Waals surface area contributed by atoms with Gasteiger partial charge in [0.1, 0.15) is 0 Å². The first-order valence-corrected chi connectivity index (χ1v) is 9.98. The largest absolute Gasteiger partial charge is 0.349 e. The highest BCUT2D eigenvalue weighted by molar-refractivity contribution is 6.14. The number of piperidine rings is 1. The van der Waals surface area contributed by atoms with E-state index in [0.29, 0.717) is 17.8 Å². The zero-order valence-electron chi connectivity index (χ0n) is 16.2. The Morgan fingerprint density at radius 3 is 2.72 bits per heavy atom. The summed E-state index contributed by atoms with van der Waals surface area (Å²) in [6.45, 7) is 1.53. The fourth-order valence-electron chi connectivity index (χ4n) is 3.70. The van der Waals surface area contributed by atoms with E-state index in [1.165, 1.54) is 12.8 Å². The van der Waals surface area contributed by atoms with Gasteiger partial charge in [-0.3, -0.25) is 9.59 Å². The monoisotopic (exact) mass is 388 g/mol. The molecule has 3 aromatic rings. The zero-order valence-corrected chi connectivity index (χ0v) is 16.2. The molecule has 1 unspecified atom stereocenters. The van der Waals surface area contributed by atoms with Crippen LogP contribution < -0.4 is 16.0 Å². The summed E-state index contributed by atoms with van der Waals surface area (Å²) >= 11 is 0. The number of hydrogen-bond acceptors (Lipinski definition) is 4. The summed E-state index contributed by atoms with van der Waals surface area (Å²) in [5, 5.41) is 11.1. The van der Waals surface area contributed by atoms with Gasteiger partial charge in [-0.05, 0) is 48.4 Å². The molecule has 0 radical (unpaired) electrons. The van der Waals surface area contributed by atoms with Crippen molar-refractivity contribution in [3.05, 3.63) is 72.1 Å². The van der Waals surface area contributed by atoms with Crippen LogP contribution in [0.15, 0.2) is 60.8 Å². The molecule has 2 amide bonds. The Bertz CT molecular complexity index is 1020. The topological polar surface area (TPSA) is 83.1 Å². The molecule has 0 bridgehead atoms. The molecule has 1 aliphatic rings. The zero-order chi connectivity index (χ0) is 20.1. The SMILES string of the molecule is O=C(NCC1CCCCN1)c1ncccc1NC(=O)c1cccc2ccccc12. The number of amides is 2. The van der Waals surface area contributed by atoms with Crippen LogP contribution >= 0.6 is 0 Å². The van der Waals surface area contributed by atoms with Gasteiger partial charge < -0.3 is 16.0 Å². The molecule has 2 heterocycles. The fourth-order valence-corrected chi connectivity index (χ4v) is 3.70. The van der Waals surface area contributed by atoms with E-state index in [9.17, 15) is 9.59 Å². The van der Waals surface area contributed by atoms with E-state index in [2.05, 4.69) is 20.9 Å². The summed E-state index contributed by atoms with van der Waals surface area (Å²) < 4.78 is 0. The number of rotatable bonds is 5. The van der Waals surface area contributed by atoms with Crippen LogP contribution in [0.1, 0.15) is 40.1 Å². The van der Waals surface area contributed by atoms with Crippen LogP contribution in [0.3, 0.4) is 0 Å². The predicted octanol–water partition coefficient (Wildman–Crippen LogP) is 3.36. The van der Waals surface area contributed by atoms with Crippen LogP contribution in [0.4, 0.5) is 5.69 Å². The van der Waals surface area contributed by atoms with Crippen LogP contribution in [0, 0.1) is 0 Å². The highest BCUT2D eigenvalue weighted by Crippen LogP contribution is 2.21. The third-order valence-corrected chi connectivity index (χ3v) is 5.23. The van der Waals surface area contributed by atoms with E-state index >= 15 is 0 Å². The molecule has 2 aromatic carbocycles. The molecule has 3 N–H and O–H groups in total. The highest BCUT2D eigenvalue weighted by Gasteiger charge is 2.19. The third kappa shape index (κ3) is 4.43. The Kier molecular flexibility index (Phi) is 5.81. The lowest BCUT2D eigenvalue weighted by molar-refractivity contribution is 0.0943. The van der Waals surface area contributed by atoms with Gasteiger partial charge in [0, 0.05) is 24.3 Å². The van der Waals surface area contributed by atoms with E-state index in [1.807, 2.05) is 36.4 Å². The summed E-state index contributed by atoms with van der Waals surface area (Å²) in [5.41, 5.74) is 1.18. The molecule has 1 fully saturated rings. The molecule has 6 heteroatoms. The van der Waals surface area contributed by atoms with Gasteiger partial charge >= 0.3 is 0 Å². The molecular formula is C23H24N4O2. The molecule has 0 saturated carbocycles. The number of pyridine rings is 1. The van der Waals surface area contributed by atoms with E-state index in [-0.39, 0.29) is 23.6 Å². The maximum absolute atomic E-state index is 12.9. The Labute approximate surface area is 169 Å². The summed E-state index contributed by atoms with van der Waals surface area (Å²) in [4.78, 5) is 29.8. The van der Waals surface area contributed by atoms with Gasteiger partial charge in [0.05, 0.1) is 5.69 Å². The Morgan fingerprint density at radius 1 is 1.00 bits per heavy atom. The molecule has 4 rings (SSSR count). The lowest BCUT2D eigenvalue weighted by Crippen LogP contribution is -2.43. The third-order valence-electron chi connectivity index (χ3n) is 5.23. The fraction of sp³-hybridized carbons (Fsp3) is 0.261. The molecule has 6 nitrogen and oxygen atoms in total. The van der Waals surface area contributed by atoms with Crippen molar-refractivity contribution in [1.29, 1.82) is 0 Å². The normalized spacial score (nSPS) is 16.3. The van der Waals surface area contributed by atoms with Gasteiger partial charge in [-0.2, -0.15) is 0 Å². The van der Waals surface area contributed by atoms with E-state index in [1.54, 1.807) is 24.4 Å². The average Bonchev–Trinajstić information content (AvgIpc) is 2.78. The van der Waals surface area contributed by atoms with Crippen LogP contribution in [0.5, 0.6) is 0 Å². The Morgan fingerprint density at radius 2 is 1.86 bits per heavy atom. The van der Waals surface area contributed by atoms with Crippen molar-refractivity contribution in [3.8, 4) is 0 Å². The van der Waals surface area contributed by atoms with Crippen molar-refractivity contribution in [1.82, 2.24) is 15.6 Å². The molecular weight excluding hydrogens is 364 g/mol. The van der Waals surface area contributed by atoms with Crippen molar-refractivity contribution in [2.75, 3.05) is 18.4 Å². The molecule has 0 spiro atoms. The number of nitrogens with one attached hydrogen (secondary N) is 3. The molecule has 1 atom stereocenters. The quantitative estimate of drug-likeness (QED) is 0.626. The number of nitrogens with zero attached hydrogens (tertiary/aromatic N) is 1. The number of hydrogen-bond donors (Lipinski definition) is 3. The highest BCUT2D eigenvalue weighted by atomic mass is 16.2. The Balaban J connectivity index is 1.50. The number of carbonyl (C=O) groups is 2. The van der Waals surface area contributed by atoms with E-state index in [0.717, 1.165) is 23.7 Å². The second-order valence-corrected chi connectivity index (χ2v) is 7.24. The average molecular weight is 388 g/mol. The number of benzene rings is 2. The second kappa shape index (κ2) is 8.84. The molecule has 1 aromatic heterocycles. The first-order chi connectivity index (χ1) is 14.2. The summed E-state index contributed by atoms with van der Waals surface area (Å²) in [6, 6.07) is 17.0. The van der Waals surface area contributed by atoms with Gasteiger partial charge in [0.25, 0.3) is 11.8 Å². The van der Waals surface area contributed by atoms with Gasteiger partial charge in [0.2, 0.25) is 0 Å². The van der Waals surface area contributed by atoms with Crippen molar-refractivity contribution < 1.29 is 9.59 Å². The summed E-state index contributed by atoms with van der Waals surface area (Å²) in [5.74, 6) is -0.552. The minimum atomic E-state index is -0.286. The van der Waals surface area contributed by atoms with Gasteiger partial charge in [-0.15, -0.1) is 0 Å². The van der Waals surface area contributed by atoms with Gasteiger partial charge in [-0.1, -0.05) is 42.8 Å². The first-order valence-electron chi connectivity index (χ1n) is 9.98. The number of carbonyl (C=O) groups excluding carboxylic acids is 2. The van der Waals surface area contributed by atoms with Gasteiger partial charge in [0.15, 0.2) is 5.69 Å². The first kappa shape index (κ1) is 19.1. The van der Waals surface area contributed by atoms with Crippen LogP contribution in [0.2, 0.25) is 0 Å². The maximum atomic E-state index is 12.9. The predicted molar refractivity (Wildman–Crippen MR) is 114 cm³/mol. The number of aromatic nitrogens is 1. The minimum Gasteiger partial charge on any atom is -0.349 e. The van der Waals surface area contributed by atoms with Crippen molar-refractivity contribution in [2.24, 2.45) is 0 Å². The van der Waals surface area contributed by atoms with Crippen molar-refractivity contribution in [3.63, 3.8) is 0 Å². The van der Waals surface area contributed by atoms with Crippen LogP contribution in [0.25, 0.3) is 10.8 Å². The van der Waals surface area contributed by atoms with Gasteiger partial charge in [-0.25, -0.2) is 4.98 Å². The smallest absolute Gasteiger partial charge is 0.272 e.